The fourth-order valence-corrected chi connectivity index (χ4v) is 5.65. The zero-order valence-electron chi connectivity index (χ0n) is 3.95. The van der Waals surface area contributed by atoms with Gasteiger partial charge in [0, 0.05) is 0 Å². The summed E-state index contributed by atoms with van der Waals surface area (Å²) in [6.07, 6.45) is 3.08. The summed E-state index contributed by atoms with van der Waals surface area (Å²) in [5.74, 6) is 0. The molecule has 1 aliphatic carbocycles. The minimum atomic E-state index is 0.677. The van der Waals surface area contributed by atoms with Crippen LogP contribution in [-0.4, -0.2) is 13.5 Å². The number of nitrogens with one attached hydrogen (secondary N) is 1. The van der Waals surface area contributed by atoms with Gasteiger partial charge in [-0.05, 0) is 0 Å². The standard InChI is InChI=1S/C5H7IN/c1-2-4-5(7-4)3(1)6-5/h3-4,7H,1-2H2/q-1. The van der Waals surface area contributed by atoms with Gasteiger partial charge in [0.2, 0.25) is 0 Å². The van der Waals surface area contributed by atoms with Crippen LogP contribution >= 0.6 is 0 Å². The Bertz CT molecular complexity index is 114. The maximum atomic E-state index is 3.57. The van der Waals surface area contributed by atoms with Crippen LogP contribution in [0.1, 0.15) is 12.8 Å². The average molecular weight is 208 g/mol. The van der Waals surface area contributed by atoms with Crippen molar-refractivity contribution in [3.05, 3.63) is 0 Å². The summed E-state index contributed by atoms with van der Waals surface area (Å²) in [6, 6.07) is 1.03. The second kappa shape index (κ2) is 0.778. The van der Waals surface area contributed by atoms with Crippen LogP contribution in [0.25, 0.3) is 0 Å². The van der Waals surface area contributed by atoms with Gasteiger partial charge in [-0.1, -0.05) is 0 Å². The molecule has 1 N–H and O–H groups in total. The van der Waals surface area contributed by atoms with Gasteiger partial charge >= 0.3 is 52.9 Å². The van der Waals surface area contributed by atoms with Crippen LogP contribution in [0.4, 0.5) is 0 Å². The zero-order valence-corrected chi connectivity index (χ0v) is 6.10. The van der Waals surface area contributed by atoms with Gasteiger partial charge in [0.1, 0.15) is 0 Å². The molecule has 2 saturated heterocycles. The van der Waals surface area contributed by atoms with E-state index in [1.807, 2.05) is 0 Å². The Hall–Kier alpha value is 0.690. The number of hydrogen-bond donors (Lipinski definition) is 1. The maximum absolute atomic E-state index is 3.57. The van der Waals surface area contributed by atoms with Crippen molar-refractivity contribution in [2.75, 3.05) is 0 Å². The summed E-state index contributed by atoms with van der Waals surface area (Å²) in [5.41, 5.74) is 0. The van der Waals surface area contributed by atoms with E-state index in [0.29, 0.717) is 21.2 Å². The van der Waals surface area contributed by atoms with Crippen LogP contribution < -0.4 is 26.5 Å². The van der Waals surface area contributed by atoms with Crippen LogP contribution in [0.3, 0.4) is 0 Å². The molecule has 0 bridgehead atoms. The number of alkyl halides is 2. The van der Waals surface area contributed by atoms with Gasteiger partial charge in [-0.2, -0.15) is 0 Å². The first-order valence-corrected chi connectivity index (χ1v) is 5.16. The molecule has 3 unspecified atom stereocenters. The number of halogens is 1. The van der Waals surface area contributed by atoms with E-state index in [4.69, 9.17) is 0 Å². The molecular formula is C5H7IN-. The van der Waals surface area contributed by atoms with Crippen molar-refractivity contribution in [3.8, 4) is 0 Å². The Balaban J connectivity index is 2.12. The summed E-state index contributed by atoms with van der Waals surface area (Å²) < 4.78 is 2.12. The molecule has 0 aromatic carbocycles. The van der Waals surface area contributed by atoms with Crippen LogP contribution in [0, 0.1) is 0 Å². The van der Waals surface area contributed by atoms with Gasteiger partial charge in [0.15, 0.2) is 0 Å². The van der Waals surface area contributed by atoms with Gasteiger partial charge in [-0.25, -0.2) is 0 Å². The first-order chi connectivity index (χ1) is 3.42. The molecule has 1 saturated carbocycles. The van der Waals surface area contributed by atoms with Gasteiger partial charge in [0.25, 0.3) is 0 Å². The summed E-state index contributed by atoms with van der Waals surface area (Å²) in [7, 11) is 0. The molecule has 0 aromatic rings. The predicted octanol–water partition coefficient (Wildman–Crippen LogP) is -3.08. The van der Waals surface area contributed by atoms with Crippen molar-refractivity contribution in [2.45, 2.75) is 26.4 Å². The van der Waals surface area contributed by atoms with E-state index in [-0.39, 0.29) is 0 Å². The summed E-state index contributed by atoms with van der Waals surface area (Å²) in [4.78, 5) is 0. The molecule has 3 atom stereocenters. The molecule has 0 amide bonds. The van der Waals surface area contributed by atoms with Gasteiger partial charge in [-0.15, -0.1) is 0 Å². The number of hydrogen-bond acceptors (Lipinski definition) is 1. The molecule has 3 fully saturated rings. The predicted molar refractivity (Wildman–Crippen MR) is 22.7 cm³/mol. The van der Waals surface area contributed by atoms with Crippen LogP contribution in [-0.2, 0) is 0 Å². The van der Waals surface area contributed by atoms with E-state index in [1.165, 1.54) is 10.3 Å². The van der Waals surface area contributed by atoms with E-state index in [2.05, 4.69) is 5.32 Å². The van der Waals surface area contributed by atoms with E-state index >= 15 is 0 Å². The molecule has 0 radical (unpaired) electrons. The number of rotatable bonds is 0. The molecule has 1 spiro atoms. The monoisotopic (exact) mass is 208 g/mol. The van der Waals surface area contributed by atoms with Crippen molar-refractivity contribution < 1.29 is 21.2 Å². The third-order valence-electron chi connectivity index (χ3n) is 2.25. The molecular weight excluding hydrogens is 201 g/mol. The summed E-state index contributed by atoms with van der Waals surface area (Å²) in [6.45, 7) is 0. The van der Waals surface area contributed by atoms with Crippen molar-refractivity contribution in [1.29, 1.82) is 0 Å². The average Bonchev–Trinajstić information content (AvgIpc) is 2.49. The third-order valence-corrected chi connectivity index (χ3v) is 6.78. The topological polar surface area (TPSA) is 21.9 Å². The Morgan fingerprint density at radius 3 is 2.71 bits per heavy atom. The summed E-state index contributed by atoms with van der Waals surface area (Å²) in [5, 5.41) is 3.57. The minimum absolute atomic E-state index is 0.677. The Labute approximate surface area is 53.1 Å². The van der Waals surface area contributed by atoms with Crippen LogP contribution in [0.15, 0.2) is 0 Å². The normalized spacial score (nSPS) is 73.1. The van der Waals surface area contributed by atoms with Crippen LogP contribution in [0.5, 0.6) is 0 Å². The first-order valence-electron chi connectivity index (χ1n) is 2.84. The quantitative estimate of drug-likeness (QED) is 0.194. The molecule has 2 heteroatoms. The fraction of sp³-hybridized carbons (Fsp3) is 1.00. The molecule has 2 aliphatic heterocycles. The Kier molecular flexibility index (Phi) is 0.407. The van der Waals surface area contributed by atoms with Gasteiger partial charge in [0.05, 0.1) is 0 Å². The Morgan fingerprint density at radius 2 is 2.57 bits per heavy atom. The van der Waals surface area contributed by atoms with E-state index < -0.39 is 0 Å². The third kappa shape index (κ3) is 0.262. The molecule has 40 valence electrons. The van der Waals surface area contributed by atoms with Gasteiger partial charge < -0.3 is 0 Å². The SMILES string of the molecule is C1CC2[I-]C23NC13. The zero-order chi connectivity index (χ0) is 4.48. The molecule has 2 heterocycles. The second-order valence-electron chi connectivity index (χ2n) is 2.62. The van der Waals surface area contributed by atoms with E-state index in [1.54, 1.807) is 6.42 Å². The van der Waals surface area contributed by atoms with Crippen LogP contribution in [0.2, 0.25) is 0 Å². The van der Waals surface area contributed by atoms with Crippen molar-refractivity contribution >= 4 is 0 Å². The van der Waals surface area contributed by atoms with E-state index in [9.17, 15) is 0 Å². The summed E-state index contributed by atoms with van der Waals surface area (Å²) >= 11 is 0.677. The van der Waals surface area contributed by atoms with Crippen molar-refractivity contribution in [2.24, 2.45) is 0 Å². The first kappa shape index (κ1) is 3.67. The molecule has 3 rings (SSSR count). The fourth-order valence-electron chi connectivity index (χ4n) is 1.69. The molecule has 3 aliphatic rings. The molecule has 1 nitrogen and oxygen atoms in total. The molecule has 0 aromatic heterocycles. The van der Waals surface area contributed by atoms with Crippen molar-refractivity contribution in [3.63, 3.8) is 0 Å². The Morgan fingerprint density at radius 1 is 1.57 bits per heavy atom. The molecule has 7 heavy (non-hydrogen) atoms. The van der Waals surface area contributed by atoms with Crippen molar-refractivity contribution in [1.82, 2.24) is 5.32 Å². The number of piperidine rings is 1. The van der Waals surface area contributed by atoms with Gasteiger partial charge in [-0.3, -0.25) is 0 Å². The second-order valence-corrected chi connectivity index (χ2v) is 6.53. The van der Waals surface area contributed by atoms with E-state index in [0.717, 1.165) is 9.59 Å².